The summed E-state index contributed by atoms with van der Waals surface area (Å²) < 4.78 is 40.6. The first-order valence-electron chi connectivity index (χ1n) is 7.69. The highest BCUT2D eigenvalue weighted by atomic mass is 35.5. The second-order valence-corrected chi connectivity index (χ2v) is 7.21. The predicted molar refractivity (Wildman–Crippen MR) is 91.5 cm³/mol. The van der Waals surface area contributed by atoms with Crippen molar-refractivity contribution < 1.29 is 18.1 Å². The molecule has 1 aliphatic heterocycles. The van der Waals surface area contributed by atoms with Crippen LogP contribution in [0.15, 0.2) is 30.1 Å². The third-order valence-electron chi connectivity index (χ3n) is 4.44. The average Bonchev–Trinajstić information content (AvgIpc) is 3.05. The zero-order valence-corrected chi connectivity index (χ0v) is 15.0. The largest absolute Gasteiger partial charge is 0.525 e. The molecule has 2 heterocycles. The molecule has 1 aliphatic rings. The molecule has 0 radical (unpaired) electrons. The first kappa shape index (κ1) is 18.0. The van der Waals surface area contributed by atoms with Gasteiger partial charge < -0.3 is 9.31 Å². The molecule has 1 fully saturated rings. The molecule has 3 rings (SSSR count). The molecule has 2 aromatic rings. The van der Waals surface area contributed by atoms with E-state index in [1.165, 1.54) is 29.1 Å². The molecule has 25 heavy (non-hydrogen) atoms. The highest BCUT2D eigenvalue weighted by Crippen LogP contribution is 2.39. The van der Waals surface area contributed by atoms with Gasteiger partial charge in [-0.1, -0.05) is 16.8 Å². The summed E-state index contributed by atoms with van der Waals surface area (Å²) in [6.07, 6.45) is 2.64. The van der Waals surface area contributed by atoms with Crippen LogP contribution >= 0.6 is 11.6 Å². The lowest BCUT2D eigenvalue weighted by atomic mass is 9.87. The van der Waals surface area contributed by atoms with Crippen molar-refractivity contribution in [3.8, 4) is 5.69 Å². The van der Waals surface area contributed by atoms with Crippen LogP contribution in [0.2, 0.25) is 5.02 Å². The van der Waals surface area contributed by atoms with Gasteiger partial charge in [0, 0.05) is 6.07 Å². The molecule has 0 amide bonds. The fraction of sp³-hybridized carbons (Fsp3) is 0.375. The molecule has 5 nitrogen and oxygen atoms in total. The van der Waals surface area contributed by atoms with Crippen LogP contribution in [0.25, 0.3) is 11.8 Å². The van der Waals surface area contributed by atoms with Crippen molar-refractivity contribution in [2.75, 3.05) is 0 Å². The molecular weight excluding hydrogens is 350 g/mol. The van der Waals surface area contributed by atoms with Gasteiger partial charge in [0.25, 0.3) is 0 Å². The summed E-state index contributed by atoms with van der Waals surface area (Å²) in [7, 11) is -1.11. The van der Waals surface area contributed by atoms with E-state index in [-0.39, 0.29) is 10.7 Å². The van der Waals surface area contributed by atoms with Crippen LogP contribution in [0.4, 0.5) is 8.78 Å². The fourth-order valence-corrected chi connectivity index (χ4v) is 2.38. The minimum atomic E-state index is -1.11. The number of halogens is 3. The zero-order valence-electron chi connectivity index (χ0n) is 14.3. The van der Waals surface area contributed by atoms with E-state index < -0.39 is 29.9 Å². The first-order valence-corrected chi connectivity index (χ1v) is 8.07. The van der Waals surface area contributed by atoms with E-state index in [0.29, 0.717) is 5.69 Å². The Bertz CT molecular complexity index is 823. The Hall–Kier alpha value is -1.77. The topological polar surface area (TPSA) is 49.2 Å². The third-order valence-corrected chi connectivity index (χ3v) is 4.75. The maximum absolute atomic E-state index is 14.5. The second kappa shape index (κ2) is 6.19. The Morgan fingerprint density at radius 1 is 1.24 bits per heavy atom. The lowest BCUT2D eigenvalue weighted by Gasteiger charge is -2.32. The molecule has 0 N–H and O–H groups in total. The summed E-state index contributed by atoms with van der Waals surface area (Å²) in [6, 6.07) is 4.21. The van der Waals surface area contributed by atoms with Crippen molar-refractivity contribution >= 4 is 24.8 Å². The van der Waals surface area contributed by atoms with Crippen molar-refractivity contribution in [1.82, 2.24) is 15.0 Å². The molecule has 1 aromatic heterocycles. The molecule has 0 bridgehead atoms. The van der Waals surface area contributed by atoms with Crippen LogP contribution in [0, 0.1) is 5.82 Å². The minimum Gasteiger partial charge on any atom is -0.398 e. The van der Waals surface area contributed by atoms with Gasteiger partial charge in [-0.3, -0.25) is 0 Å². The number of rotatable bonds is 3. The maximum Gasteiger partial charge on any atom is 0.525 e. The van der Waals surface area contributed by atoms with E-state index in [0.717, 1.165) is 0 Å². The molecule has 0 atom stereocenters. The molecule has 0 saturated carbocycles. The fourth-order valence-electron chi connectivity index (χ4n) is 2.26. The quantitative estimate of drug-likeness (QED) is 0.769. The van der Waals surface area contributed by atoms with E-state index in [1.54, 1.807) is 6.07 Å². The number of hydrogen-bond acceptors (Lipinski definition) is 4. The SMILES string of the molecule is CC1(C)OB(C(F)=Cc2cn(-c3ccc(Cl)c(F)c3)nn2)OC1(C)C. The Morgan fingerprint density at radius 2 is 1.88 bits per heavy atom. The van der Waals surface area contributed by atoms with Crippen LogP contribution in [0.3, 0.4) is 0 Å². The Morgan fingerprint density at radius 3 is 2.48 bits per heavy atom. The Kier molecular flexibility index (Phi) is 4.47. The highest BCUT2D eigenvalue weighted by molar-refractivity contribution is 6.54. The van der Waals surface area contributed by atoms with E-state index in [2.05, 4.69) is 10.3 Å². The average molecular weight is 368 g/mol. The molecule has 1 saturated heterocycles. The molecule has 0 spiro atoms. The van der Waals surface area contributed by atoms with Crippen LogP contribution in [-0.2, 0) is 9.31 Å². The van der Waals surface area contributed by atoms with Crippen LogP contribution < -0.4 is 0 Å². The van der Waals surface area contributed by atoms with E-state index >= 15 is 0 Å². The lowest BCUT2D eigenvalue weighted by molar-refractivity contribution is 0.00578. The van der Waals surface area contributed by atoms with Gasteiger partial charge in [0.15, 0.2) is 0 Å². The van der Waals surface area contributed by atoms with Crippen LogP contribution in [0.1, 0.15) is 33.4 Å². The van der Waals surface area contributed by atoms with Crippen LogP contribution in [-0.4, -0.2) is 33.3 Å². The molecular formula is C16H17BClF2N3O2. The number of nitrogens with zero attached hydrogens (tertiary/aromatic N) is 3. The smallest absolute Gasteiger partial charge is 0.398 e. The summed E-state index contributed by atoms with van der Waals surface area (Å²) in [5.74, 6) is -0.574. The number of hydrogen-bond donors (Lipinski definition) is 0. The van der Waals surface area contributed by atoms with Gasteiger partial charge in [-0.05, 0) is 45.9 Å². The minimum absolute atomic E-state index is 0.00999. The maximum atomic E-state index is 14.5. The highest BCUT2D eigenvalue weighted by Gasteiger charge is 2.53. The zero-order chi connectivity index (χ0) is 18.4. The van der Waals surface area contributed by atoms with Gasteiger partial charge in [-0.15, -0.1) is 5.10 Å². The normalized spacial score (nSPS) is 19.5. The first-order chi connectivity index (χ1) is 11.6. The summed E-state index contributed by atoms with van der Waals surface area (Å²) in [6.45, 7) is 7.36. The number of benzene rings is 1. The monoisotopic (exact) mass is 367 g/mol. The lowest BCUT2D eigenvalue weighted by Crippen LogP contribution is -2.41. The van der Waals surface area contributed by atoms with Crippen molar-refractivity contribution in [2.45, 2.75) is 38.9 Å². The van der Waals surface area contributed by atoms with Crippen molar-refractivity contribution in [3.05, 3.63) is 46.7 Å². The van der Waals surface area contributed by atoms with Gasteiger partial charge in [-0.2, -0.15) is 0 Å². The second-order valence-electron chi connectivity index (χ2n) is 6.80. The van der Waals surface area contributed by atoms with Gasteiger partial charge in [0.2, 0.25) is 0 Å². The van der Waals surface area contributed by atoms with E-state index in [4.69, 9.17) is 20.9 Å². The summed E-state index contributed by atoms with van der Waals surface area (Å²) >= 11 is 5.65. The van der Waals surface area contributed by atoms with Crippen molar-refractivity contribution in [2.24, 2.45) is 0 Å². The predicted octanol–water partition coefficient (Wildman–Crippen LogP) is 4.00. The Balaban J connectivity index is 1.81. The summed E-state index contributed by atoms with van der Waals surface area (Å²) in [5, 5.41) is 7.73. The number of aromatic nitrogens is 3. The van der Waals surface area contributed by atoms with Crippen LogP contribution in [0.5, 0.6) is 0 Å². The molecule has 1 aromatic carbocycles. The molecule has 132 valence electrons. The molecule has 0 aliphatic carbocycles. The summed E-state index contributed by atoms with van der Waals surface area (Å²) in [4.78, 5) is 0. The van der Waals surface area contributed by atoms with Gasteiger partial charge in [0.1, 0.15) is 17.2 Å². The molecule has 9 heteroatoms. The van der Waals surface area contributed by atoms with E-state index in [1.807, 2.05) is 27.7 Å². The van der Waals surface area contributed by atoms with Gasteiger partial charge in [-0.25, -0.2) is 13.5 Å². The van der Waals surface area contributed by atoms with Crippen molar-refractivity contribution in [1.29, 1.82) is 0 Å². The molecule has 0 unspecified atom stereocenters. The Labute approximate surface area is 149 Å². The van der Waals surface area contributed by atoms with Gasteiger partial charge in [0.05, 0.1) is 28.1 Å². The van der Waals surface area contributed by atoms with Gasteiger partial charge >= 0.3 is 7.12 Å². The standard InChI is InChI=1S/C16H17BClF2N3O2/c1-15(2)16(3,4)25-17(24-15)14(20)7-10-9-23(22-21-10)11-5-6-12(18)13(19)8-11/h5-9H,1-4H3. The summed E-state index contributed by atoms with van der Waals surface area (Å²) in [5.41, 5.74) is -1.22. The van der Waals surface area contributed by atoms with Crippen molar-refractivity contribution in [3.63, 3.8) is 0 Å². The van der Waals surface area contributed by atoms with E-state index in [9.17, 15) is 8.78 Å². The third kappa shape index (κ3) is 3.47.